The summed E-state index contributed by atoms with van der Waals surface area (Å²) in [5.74, 6) is -0.845. The molecule has 0 aromatic rings. The predicted octanol–water partition coefficient (Wildman–Crippen LogP) is 6.89. The molecule has 0 heterocycles. The Bertz CT molecular complexity index is 738. The fraction of sp³-hybridized carbons (Fsp3) is 0.800. The van der Waals surface area contributed by atoms with Gasteiger partial charge in [-0.25, -0.2) is 4.57 Å². The van der Waals surface area contributed by atoms with E-state index >= 15 is 0 Å². The van der Waals surface area contributed by atoms with E-state index in [-0.39, 0.29) is 26.1 Å². The Morgan fingerprint density at radius 2 is 1.23 bits per heavy atom. The number of phosphoric ester groups is 1. The van der Waals surface area contributed by atoms with Crippen LogP contribution in [0.15, 0.2) is 25.3 Å². The molecular formula is C30H57NO8P+. The minimum atomic E-state index is -4.35. The number of phosphoric acid groups is 1. The van der Waals surface area contributed by atoms with Crippen molar-refractivity contribution in [3.8, 4) is 0 Å². The van der Waals surface area contributed by atoms with Gasteiger partial charge in [0.25, 0.3) is 0 Å². The van der Waals surface area contributed by atoms with Crippen molar-refractivity contribution in [3.05, 3.63) is 25.3 Å². The van der Waals surface area contributed by atoms with Crippen LogP contribution in [0, 0.1) is 0 Å². The molecule has 0 spiro atoms. The van der Waals surface area contributed by atoms with Gasteiger partial charge >= 0.3 is 19.8 Å². The highest BCUT2D eigenvalue weighted by atomic mass is 31.2. The van der Waals surface area contributed by atoms with Crippen LogP contribution in [0.25, 0.3) is 0 Å². The van der Waals surface area contributed by atoms with Gasteiger partial charge in [0.2, 0.25) is 0 Å². The second-order valence-electron chi connectivity index (χ2n) is 11.3. The summed E-state index contributed by atoms with van der Waals surface area (Å²) in [5, 5.41) is 0. The molecule has 2 unspecified atom stereocenters. The molecule has 0 rings (SSSR count). The molecule has 0 radical (unpaired) electrons. The number of carbonyl (C=O) groups is 2. The zero-order valence-corrected chi connectivity index (χ0v) is 26.4. The molecule has 0 saturated carbocycles. The third-order valence-electron chi connectivity index (χ3n) is 6.25. The van der Waals surface area contributed by atoms with E-state index in [0.717, 1.165) is 83.5 Å². The van der Waals surface area contributed by atoms with Gasteiger partial charge in [0.15, 0.2) is 6.10 Å². The fourth-order valence-electron chi connectivity index (χ4n) is 3.79. The number of nitrogens with zero attached hydrogens (tertiary/aromatic N) is 1. The molecule has 234 valence electrons. The van der Waals surface area contributed by atoms with E-state index in [4.69, 9.17) is 18.5 Å². The first-order valence-corrected chi connectivity index (χ1v) is 16.5. The number of allylic oxidation sites excluding steroid dienone is 2. The number of likely N-dealkylation sites (N-methyl/N-ethyl adjacent to an activating group) is 1. The molecule has 0 bridgehead atoms. The van der Waals surface area contributed by atoms with Gasteiger partial charge in [0.05, 0.1) is 27.7 Å². The van der Waals surface area contributed by atoms with Crippen molar-refractivity contribution in [1.29, 1.82) is 0 Å². The predicted molar refractivity (Wildman–Crippen MR) is 160 cm³/mol. The Balaban J connectivity index is 4.56. The second kappa shape index (κ2) is 24.1. The third-order valence-corrected chi connectivity index (χ3v) is 7.23. The number of esters is 2. The SMILES string of the molecule is C=CCCCCCCCCC(=O)OCC(COP(=O)(O)OCC[N+](C)(C)C)OC(=O)CCCCCCCCC=C. The molecule has 2 atom stereocenters. The van der Waals surface area contributed by atoms with Gasteiger partial charge in [0, 0.05) is 12.8 Å². The summed E-state index contributed by atoms with van der Waals surface area (Å²) in [6.07, 6.45) is 17.6. The lowest BCUT2D eigenvalue weighted by atomic mass is 10.1. The standard InChI is InChI=1S/C30H56NO8P/c1-6-8-10-12-14-16-18-20-22-29(32)36-26-28(27-38-40(34,35)37-25-24-31(3,4)5)39-30(33)23-21-19-17-15-13-11-9-7-2/h6-7,28H,1-2,8-27H2,3-5H3/p+1. The Hall–Kier alpha value is -1.51. The maximum atomic E-state index is 12.4. The first-order chi connectivity index (χ1) is 19.0. The summed E-state index contributed by atoms with van der Waals surface area (Å²) in [4.78, 5) is 34.7. The number of hydrogen-bond donors (Lipinski definition) is 1. The van der Waals surface area contributed by atoms with Gasteiger partial charge in [-0.05, 0) is 38.5 Å². The molecule has 0 fully saturated rings. The molecule has 0 aromatic heterocycles. The highest BCUT2D eigenvalue weighted by Crippen LogP contribution is 2.43. The zero-order chi connectivity index (χ0) is 30.1. The Morgan fingerprint density at radius 1 is 0.750 bits per heavy atom. The number of quaternary nitrogens is 1. The van der Waals surface area contributed by atoms with Crippen LogP contribution in [0.3, 0.4) is 0 Å². The van der Waals surface area contributed by atoms with E-state index in [0.29, 0.717) is 17.4 Å². The minimum Gasteiger partial charge on any atom is -0.462 e. The van der Waals surface area contributed by atoms with Crippen molar-refractivity contribution < 1.29 is 42.1 Å². The summed E-state index contributed by atoms with van der Waals surface area (Å²) >= 11 is 0. The number of hydrogen-bond acceptors (Lipinski definition) is 7. The highest BCUT2D eigenvalue weighted by Gasteiger charge is 2.27. The molecule has 0 amide bonds. The van der Waals surface area contributed by atoms with Crippen molar-refractivity contribution >= 4 is 19.8 Å². The maximum absolute atomic E-state index is 12.4. The summed E-state index contributed by atoms with van der Waals surface area (Å²) < 4.78 is 33.7. The minimum absolute atomic E-state index is 0.0264. The Kier molecular flexibility index (Phi) is 23.2. The van der Waals surface area contributed by atoms with Crippen LogP contribution in [0.1, 0.15) is 103 Å². The number of unbranched alkanes of at least 4 members (excludes halogenated alkanes) is 12. The summed E-state index contributed by atoms with van der Waals surface area (Å²) in [5.41, 5.74) is 0. The number of rotatable bonds is 28. The smallest absolute Gasteiger partial charge is 0.462 e. The van der Waals surface area contributed by atoms with Crippen LogP contribution in [0.4, 0.5) is 0 Å². The summed E-state index contributed by atoms with van der Waals surface area (Å²) in [6.45, 7) is 7.33. The molecule has 9 nitrogen and oxygen atoms in total. The first-order valence-electron chi connectivity index (χ1n) is 15.0. The van der Waals surface area contributed by atoms with Crippen molar-refractivity contribution in [2.45, 2.75) is 109 Å². The molecule has 0 aliphatic carbocycles. The van der Waals surface area contributed by atoms with Crippen molar-refractivity contribution in [2.24, 2.45) is 0 Å². The lowest BCUT2D eigenvalue weighted by molar-refractivity contribution is -0.870. The van der Waals surface area contributed by atoms with Gasteiger partial charge in [-0.1, -0.05) is 63.5 Å². The van der Waals surface area contributed by atoms with Crippen molar-refractivity contribution in [3.63, 3.8) is 0 Å². The average molecular weight is 591 g/mol. The van der Waals surface area contributed by atoms with E-state index in [1.54, 1.807) is 0 Å². The average Bonchev–Trinajstić information content (AvgIpc) is 2.88. The zero-order valence-electron chi connectivity index (χ0n) is 25.5. The van der Waals surface area contributed by atoms with E-state index in [1.807, 2.05) is 33.3 Å². The molecule has 0 aliphatic heterocycles. The normalized spacial score (nSPS) is 13.8. The van der Waals surface area contributed by atoms with Crippen LogP contribution >= 0.6 is 7.82 Å². The summed E-state index contributed by atoms with van der Waals surface area (Å²) in [7, 11) is 1.45. The second-order valence-corrected chi connectivity index (χ2v) is 12.8. The molecule has 40 heavy (non-hydrogen) atoms. The largest absolute Gasteiger partial charge is 0.472 e. The fourth-order valence-corrected chi connectivity index (χ4v) is 4.54. The van der Waals surface area contributed by atoms with E-state index in [9.17, 15) is 19.0 Å². The summed E-state index contributed by atoms with van der Waals surface area (Å²) in [6, 6.07) is 0. The third kappa shape index (κ3) is 26.7. The lowest BCUT2D eigenvalue weighted by Gasteiger charge is -2.24. The van der Waals surface area contributed by atoms with Crippen LogP contribution in [-0.2, 0) is 32.7 Å². The maximum Gasteiger partial charge on any atom is 0.472 e. The van der Waals surface area contributed by atoms with Crippen molar-refractivity contribution in [1.82, 2.24) is 0 Å². The van der Waals surface area contributed by atoms with Crippen molar-refractivity contribution in [2.75, 3.05) is 47.5 Å². The van der Waals surface area contributed by atoms with Gasteiger partial charge < -0.3 is 18.9 Å². The topological polar surface area (TPSA) is 108 Å². The van der Waals surface area contributed by atoms with Crippen LogP contribution < -0.4 is 0 Å². The monoisotopic (exact) mass is 590 g/mol. The molecule has 0 saturated heterocycles. The van der Waals surface area contributed by atoms with Gasteiger partial charge in [-0.15, -0.1) is 13.2 Å². The van der Waals surface area contributed by atoms with Crippen LogP contribution in [0.2, 0.25) is 0 Å². The van der Waals surface area contributed by atoms with Crippen LogP contribution in [-0.4, -0.2) is 74.9 Å². The van der Waals surface area contributed by atoms with Gasteiger partial charge in [0.1, 0.15) is 19.8 Å². The van der Waals surface area contributed by atoms with E-state index in [1.165, 1.54) is 0 Å². The molecular weight excluding hydrogens is 533 g/mol. The highest BCUT2D eigenvalue weighted by molar-refractivity contribution is 7.47. The Morgan fingerprint density at radius 3 is 1.73 bits per heavy atom. The Labute approximate surface area is 243 Å². The molecule has 0 aromatic carbocycles. The number of carbonyl (C=O) groups excluding carboxylic acids is 2. The van der Waals surface area contributed by atoms with Gasteiger partial charge in [-0.3, -0.25) is 18.6 Å². The number of ether oxygens (including phenoxy) is 2. The van der Waals surface area contributed by atoms with E-state index < -0.39 is 32.5 Å². The van der Waals surface area contributed by atoms with Crippen LogP contribution in [0.5, 0.6) is 0 Å². The quantitative estimate of drug-likeness (QED) is 0.0345. The first kappa shape index (κ1) is 38.5. The van der Waals surface area contributed by atoms with Gasteiger partial charge in [-0.2, -0.15) is 0 Å². The molecule has 0 aliphatic rings. The molecule has 10 heteroatoms. The molecule has 1 N–H and O–H groups in total. The van der Waals surface area contributed by atoms with E-state index in [2.05, 4.69) is 13.2 Å². The lowest BCUT2D eigenvalue weighted by Crippen LogP contribution is -2.37.